The highest BCUT2D eigenvalue weighted by Gasteiger charge is 2.24. The lowest BCUT2D eigenvalue weighted by Crippen LogP contribution is -2.30. The van der Waals surface area contributed by atoms with Crippen LogP contribution in [0.15, 0.2) is 59.5 Å². The van der Waals surface area contributed by atoms with E-state index in [-0.39, 0.29) is 16.8 Å². The summed E-state index contributed by atoms with van der Waals surface area (Å²) >= 11 is 0. The van der Waals surface area contributed by atoms with Gasteiger partial charge in [-0.3, -0.25) is 4.79 Å². The largest absolute Gasteiger partial charge is 0.312 e. The molecule has 1 aliphatic rings. The molecule has 1 saturated heterocycles. The Kier molecular flexibility index (Phi) is 5.97. The molecular formula is C21H26N2O3S. The number of amides is 1. The fraction of sp³-hybridized carbons (Fsp3) is 0.381. The molecule has 0 radical (unpaired) electrons. The molecule has 1 atom stereocenters. The molecule has 2 aromatic carbocycles. The Morgan fingerprint density at radius 2 is 1.70 bits per heavy atom. The second-order valence-electron chi connectivity index (χ2n) is 7.36. The van der Waals surface area contributed by atoms with E-state index in [0.717, 1.165) is 17.7 Å². The van der Waals surface area contributed by atoms with Gasteiger partial charge in [-0.15, -0.1) is 0 Å². The predicted molar refractivity (Wildman–Crippen MR) is 107 cm³/mol. The summed E-state index contributed by atoms with van der Waals surface area (Å²) in [5.74, 6) is 0.436. The summed E-state index contributed by atoms with van der Waals surface area (Å²) in [5.41, 5.74) is 1.70. The average Bonchev–Trinajstić information content (AvgIpc) is 3.07. The van der Waals surface area contributed by atoms with Gasteiger partial charge in [0.2, 0.25) is 15.9 Å². The molecule has 1 aliphatic heterocycles. The van der Waals surface area contributed by atoms with E-state index >= 15 is 0 Å². The van der Waals surface area contributed by atoms with Crippen molar-refractivity contribution in [1.29, 1.82) is 0 Å². The molecule has 3 rings (SSSR count). The van der Waals surface area contributed by atoms with Gasteiger partial charge in [0.25, 0.3) is 0 Å². The van der Waals surface area contributed by atoms with Crippen molar-refractivity contribution in [3.63, 3.8) is 0 Å². The summed E-state index contributed by atoms with van der Waals surface area (Å²) in [6.45, 7) is 4.84. The quantitative estimate of drug-likeness (QED) is 0.785. The first-order valence-electron chi connectivity index (χ1n) is 9.34. The Morgan fingerprint density at radius 3 is 2.26 bits per heavy atom. The van der Waals surface area contributed by atoms with Crippen LogP contribution < -0.4 is 9.62 Å². The molecule has 0 spiro atoms. The first-order chi connectivity index (χ1) is 12.9. The number of nitrogens with zero attached hydrogens (tertiary/aromatic N) is 1. The summed E-state index contributed by atoms with van der Waals surface area (Å²) in [6, 6.07) is 15.9. The van der Waals surface area contributed by atoms with Crippen molar-refractivity contribution in [2.45, 2.75) is 44.0 Å². The lowest BCUT2D eigenvalue weighted by atomic mass is 9.98. The van der Waals surface area contributed by atoms with Crippen molar-refractivity contribution in [2.75, 3.05) is 11.4 Å². The second-order valence-corrected chi connectivity index (χ2v) is 9.07. The normalized spacial score (nSPS) is 16.1. The number of anilines is 1. The van der Waals surface area contributed by atoms with Crippen molar-refractivity contribution in [2.24, 2.45) is 5.92 Å². The second kappa shape index (κ2) is 8.23. The molecule has 0 unspecified atom stereocenters. The summed E-state index contributed by atoms with van der Waals surface area (Å²) in [6.07, 6.45) is 2.10. The fourth-order valence-corrected chi connectivity index (χ4v) is 4.63. The van der Waals surface area contributed by atoms with Crippen molar-refractivity contribution >= 4 is 21.6 Å². The standard InChI is InChI=1S/C21H26N2O3S/c1-16(2)15-20(17-7-4-3-5-8-17)22-27(25,26)19-12-10-18(11-13-19)23-14-6-9-21(23)24/h3-5,7-8,10-13,16,20,22H,6,9,14-15H2,1-2H3/t20-/m0/s1. The van der Waals surface area contributed by atoms with Gasteiger partial charge in [-0.2, -0.15) is 0 Å². The zero-order valence-corrected chi connectivity index (χ0v) is 16.6. The average molecular weight is 387 g/mol. The first-order valence-corrected chi connectivity index (χ1v) is 10.8. The molecule has 27 heavy (non-hydrogen) atoms. The van der Waals surface area contributed by atoms with Gasteiger partial charge in [-0.1, -0.05) is 44.2 Å². The molecule has 2 aromatic rings. The third kappa shape index (κ3) is 4.76. The summed E-state index contributed by atoms with van der Waals surface area (Å²) in [7, 11) is -3.66. The topological polar surface area (TPSA) is 66.5 Å². The molecule has 5 nitrogen and oxygen atoms in total. The van der Waals surface area contributed by atoms with Gasteiger partial charge < -0.3 is 4.90 Å². The van der Waals surface area contributed by atoms with E-state index in [1.807, 2.05) is 30.3 Å². The molecule has 1 N–H and O–H groups in total. The molecule has 144 valence electrons. The number of nitrogens with one attached hydrogen (secondary N) is 1. The van der Waals surface area contributed by atoms with Crippen LogP contribution in [-0.4, -0.2) is 20.9 Å². The Labute approximate surface area is 161 Å². The van der Waals surface area contributed by atoms with E-state index in [9.17, 15) is 13.2 Å². The smallest absolute Gasteiger partial charge is 0.241 e. The maximum atomic E-state index is 12.9. The van der Waals surface area contributed by atoms with Crippen LogP contribution in [0.5, 0.6) is 0 Å². The molecule has 1 amide bonds. The molecule has 1 fully saturated rings. The molecule has 0 aliphatic carbocycles. The van der Waals surface area contributed by atoms with E-state index in [1.165, 1.54) is 0 Å². The third-order valence-electron chi connectivity index (χ3n) is 4.74. The Balaban J connectivity index is 1.81. The summed E-state index contributed by atoms with van der Waals surface area (Å²) in [5, 5.41) is 0. The van der Waals surface area contributed by atoms with Gasteiger partial charge in [0.05, 0.1) is 4.90 Å². The Morgan fingerprint density at radius 1 is 1.04 bits per heavy atom. The minimum absolute atomic E-state index is 0.0878. The summed E-state index contributed by atoms with van der Waals surface area (Å²) in [4.78, 5) is 13.8. The number of rotatable bonds is 7. The molecule has 0 aromatic heterocycles. The van der Waals surface area contributed by atoms with Crippen molar-refractivity contribution in [1.82, 2.24) is 4.72 Å². The number of carbonyl (C=O) groups is 1. The number of sulfonamides is 1. The minimum atomic E-state index is -3.66. The highest BCUT2D eigenvalue weighted by Crippen LogP contribution is 2.26. The van der Waals surface area contributed by atoms with Crippen LogP contribution in [0.4, 0.5) is 5.69 Å². The highest BCUT2D eigenvalue weighted by molar-refractivity contribution is 7.89. The van der Waals surface area contributed by atoms with Gasteiger partial charge in [-0.05, 0) is 48.6 Å². The minimum Gasteiger partial charge on any atom is -0.312 e. The monoisotopic (exact) mass is 386 g/mol. The van der Waals surface area contributed by atoms with Crippen LogP contribution in [0.25, 0.3) is 0 Å². The maximum absolute atomic E-state index is 12.9. The van der Waals surface area contributed by atoms with Crippen LogP contribution in [0.2, 0.25) is 0 Å². The SMILES string of the molecule is CC(C)C[C@H](NS(=O)(=O)c1ccc(N2CCCC2=O)cc1)c1ccccc1. The first kappa shape index (κ1) is 19.6. The molecule has 0 saturated carbocycles. The lowest BCUT2D eigenvalue weighted by molar-refractivity contribution is -0.117. The number of hydrogen-bond acceptors (Lipinski definition) is 3. The third-order valence-corrected chi connectivity index (χ3v) is 6.23. The van der Waals surface area contributed by atoms with Gasteiger partial charge >= 0.3 is 0 Å². The maximum Gasteiger partial charge on any atom is 0.241 e. The van der Waals surface area contributed by atoms with Gasteiger partial charge in [0.1, 0.15) is 0 Å². The molecule has 6 heteroatoms. The number of benzene rings is 2. The van der Waals surface area contributed by atoms with Gasteiger partial charge in [0, 0.05) is 24.7 Å². The highest BCUT2D eigenvalue weighted by atomic mass is 32.2. The van der Waals surface area contributed by atoms with Crippen LogP contribution in [0.1, 0.15) is 44.7 Å². The molecule has 0 bridgehead atoms. The van der Waals surface area contributed by atoms with Crippen molar-refractivity contribution in [3.8, 4) is 0 Å². The predicted octanol–water partition coefficient (Wildman–Crippen LogP) is 3.88. The van der Waals surface area contributed by atoms with E-state index in [2.05, 4.69) is 18.6 Å². The lowest BCUT2D eigenvalue weighted by Gasteiger charge is -2.21. The van der Waals surface area contributed by atoms with E-state index in [1.54, 1.807) is 29.2 Å². The molecule has 1 heterocycles. The van der Waals surface area contributed by atoms with Crippen LogP contribution in [0, 0.1) is 5.92 Å². The van der Waals surface area contributed by atoms with Crippen molar-refractivity contribution in [3.05, 3.63) is 60.2 Å². The van der Waals surface area contributed by atoms with Crippen LogP contribution in [0.3, 0.4) is 0 Å². The van der Waals surface area contributed by atoms with Crippen LogP contribution >= 0.6 is 0 Å². The van der Waals surface area contributed by atoms with Gasteiger partial charge in [-0.25, -0.2) is 13.1 Å². The van der Waals surface area contributed by atoms with Crippen LogP contribution in [-0.2, 0) is 14.8 Å². The zero-order valence-electron chi connectivity index (χ0n) is 15.8. The Hall–Kier alpha value is -2.18. The van der Waals surface area contributed by atoms with E-state index < -0.39 is 10.0 Å². The Bertz CT molecular complexity index is 877. The zero-order chi connectivity index (χ0) is 19.4. The summed E-state index contributed by atoms with van der Waals surface area (Å²) < 4.78 is 28.7. The van der Waals surface area contributed by atoms with E-state index in [4.69, 9.17) is 0 Å². The molecular weight excluding hydrogens is 360 g/mol. The fourth-order valence-electron chi connectivity index (χ4n) is 3.39. The number of hydrogen-bond donors (Lipinski definition) is 1. The van der Waals surface area contributed by atoms with Gasteiger partial charge in [0.15, 0.2) is 0 Å². The van der Waals surface area contributed by atoms with Crippen molar-refractivity contribution < 1.29 is 13.2 Å². The number of carbonyl (C=O) groups excluding carboxylic acids is 1. The van der Waals surface area contributed by atoms with E-state index in [0.29, 0.717) is 25.3 Å².